The zero-order valence-electron chi connectivity index (χ0n) is 13.4. The number of nitrogens with zero attached hydrogens (tertiary/aromatic N) is 1. The predicted octanol–water partition coefficient (Wildman–Crippen LogP) is 2.36. The minimum Gasteiger partial charge on any atom is -0.449 e. The lowest BCUT2D eigenvalue weighted by Gasteiger charge is -2.30. The Bertz CT molecular complexity index is 852. The van der Waals surface area contributed by atoms with Crippen LogP contribution in [-0.2, 0) is 14.3 Å². The molecule has 0 saturated heterocycles. The van der Waals surface area contributed by atoms with E-state index in [1.54, 1.807) is 24.3 Å². The van der Waals surface area contributed by atoms with Crippen molar-refractivity contribution in [2.75, 3.05) is 16.8 Å². The number of rotatable bonds is 3. The molecular formula is C18H15FN2O4. The second-order valence-electron chi connectivity index (χ2n) is 5.52. The highest BCUT2D eigenvalue weighted by atomic mass is 19.1. The summed E-state index contributed by atoms with van der Waals surface area (Å²) in [4.78, 5) is 37.7. The van der Waals surface area contributed by atoms with E-state index in [0.29, 0.717) is 11.4 Å². The number of carbonyl (C=O) groups is 3. The monoisotopic (exact) mass is 342 g/mol. The second kappa shape index (κ2) is 6.72. The van der Waals surface area contributed by atoms with Gasteiger partial charge in [0.15, 0.2) is 6.10 Å². The molecule has 0 aromatic heterocycles. The number of halogens is 1. The van der Waals surface area contributed by atoms with E-state index in [1.165, 1.54) is 30.0 Å². The molecule has 3 rings (SSSR count). The fourth-order valence-electron chi connectivity index (χ4n) is 2.55. The van der Waals surface area contributed by atoms with Crippen LogP contribution < -0.4 is 10.2 Å². The summed E-state index contributed by atoms with van der Waals surface area (Å²) in [6.07, 6.45) is -1.17. The van der Waals surface area contributed by atoms with Crippen molar-refractivity contribution >= 4 is 29.2 Å². The first-order valence-corrected chi connectivity index (χ1v) is 7.63. The number of esters is 1. The number of ether oxygens (including phenoxy) is 1. The van der Waals surface area contributed by atoms with E-state index >= 15 is 0 Å². The Kier molecular flexibility index (Phi) is 4.47. The third-order valence-corrected chi connectivity index (χ3v) is 3.76. The largest absolute Gasteiger partial charge is 0.449 e. The van der Waals surface area contributed by atoms with Gasteiger partial charge >= 0.3 is 5.97 Å². The molecule has 0 saturated carbocycles. The van der Waals surface area contributed by atoms with Crippen molar-refractivity contribution in [3.8, 4) is 0 Å². The summed E-state index contributed by atoms with van der Waals surface area (Å²) in [5.41, 5.74) is 0.763. The van der Waals surface area contributed by atoms with Crippen LogP contribution in [0.1, 0.15) is 17.3 Å². The lowest BCUT2D eigenvalue weighted by molar-refractivity contribution is -0.128. The molecule has 0 unspecified atom stereocenters. The number of anilines is 2. The molecule has 0 aliphatic carbocycles. The van der Waals surface area contributed by atoms with Gasteiger partial charge in [0, 0.05) is 0 Å². The van der Waals surface area contributed by atoms with Gasteiger partial charge in [0.25, 0.3) is 5.91 Å². The van der Waals surface area contributed by atoms with Crippen molar-refractivity contribution in [1.82, 2.24) is 0 Å². The zero-order valence-corrected chi connectivity index (χ0v) is 13.4. The van der Waals surface area contributed by atoms with E-state index in [0.717, 1.165) is 6.07 Å². The average Bonchev–Trinajstić information content (AvgIpc) is 2.60. The van der Waals surface area contributed by atoms with Crippen molar-refractivity contribution in [3.63, 3.8) is 0 Å². The fraction of sp³-hybridized carbons (Fsp3) is 0.167. The molecule has 0 fully saturated rings. The molecule has 1 N–H and O–H groups in total. The van der Waals surface area contributed by atoms with Crippen molar-refractivity contribution < 1.29 is 23.5 Å². The Hall–Kier alpha value is -3.22. The molecule has 6 nitrogen and oxygen atoms in total. The third kappa shape index (κ3) is 3.35. The van der Waals surface area contributed by atoms with Crippen molar-refractivity contribution in [2.45, 2.75) is 13.0 Å². The minimum atomic E-state index is -1.17. The van der Waals surface area contributed by atoms with Gasteiger partial charge in [0.1, 0.15) is 12.4 Å². The van der Waals surface area contributed by atoms with E-state index < -0.39 is 23.8 Å². The summed E-state index contributed by atoms with van der Waals surface area (Å²) in [7, 11) is 0. The summed E-state index contributed by atoms with van der Waals surface area (Å²) >= 11 is 0. The molecule has 0 radical (unpaired) electrons. The molecule has 2 aromatic carbocycles. The zero-order chi connectivity index (χ0) is 18.0. The van der Waals surface area contributed by atoms with Crippen molar-refractivity contribution in [3.05, 3.63) is 59.9 Å². The summed E-state index contributed by atoms with van der Waals surface area (Å²) < 4.78 is 18.7. The van der Waals surface area contributed by atoms with Crippen LogP contribution in [0, 0.1) is 5.82 Å². The average molecular weight is 342 g/mol. The summed E-state index contributed by atoms with van der Waals surface area (Å²) in [6.45, 7) is 1.20. The minimum absolute atomic E-state index is 0.183. The number of hydrogen-bond acceptors (Lipinski definition) is 4. The number of nitrogens with one attached hydrogen (secondary N) is 1. The number of para-hydroxylation sites is 2. The van der Waals surface area contributed by atoms with Gasteiger partial charge in [-0.1, -0.05) is 24.3 Å². The van der Waals surface area contributed by atoms with Crippen LogP contribution >= 0.6 is 0 Å². The second-order valence-corrected chi connectivity index (χ2v) is 5.52. The maximum atomic E-state index is 13.6. The van der Waals surface area contributed by atoms with Gasteiger partial charge < -0.3 is 10.1 Å². The molecular weight excluding hydrogens is 327 g/mol. The first-order chi connectivity index (χ1) is 12.0. The SMILES string of the molecule is C[C@H](OC(=O)c1ccccc1F)C(=O)N1CC(=O)Nc2ccccc21. The molecule has 7 heteroatoms. The Labute approximate surface area is 143 Å². The van der Waals surface area contributed by atoms with Gasteiger partial charge in [-0.05, 0) is 31.2 Å². The van der Waals surface area contributed by atoms with E-state index in [1.807, 2.05) is 0 Å². The molecule has 1 atom stereocenters. The third-order valence-electron chi connectivity index (χ3n) is 3.76. The van der Waals surface area contributed by atoms with Crippen LogP contribution in [0.4, 0.5) is 15.8 Å². The molecule has 128 valence electrons. The van der Waals surface area contributed by atoms with Crippen LogP contribution in [-0.4, -0.2) is 30.4 Å². The first-order valence-electron chi connectivity index (χ1n) is 7.63. The standard InChI is InChI=1S/C18H15FN2O4/c1-11(25-18(24)12-6-2-3-7-13(12)19)17(23)21-10-16(22)20-14-8-4-5-9-15(14)21/h2-9,11H,10H2,1H3,(H,20,22)/t11-/m0/s1. The Balaban J connectivity index is 1.78. The molecule has 1 aliphatic heterocycles. The highest BCUT2D eigenvalue weighted by Gasteiger charge is 2.31. The molecule has 1 aliphatic rings. The molecule has 0 spiro atoms. The lowest BCUT2D eigenvalue weighted by atomic mass is 10.1. The Morgan fingerprint density at radius 2 is 1.84 bits per heavy atom. The number of fused-ring (bicyclic) bond motifs is 1. The molecule has 1 heterocycles. The highest BCUT2D eigenvalue weighted by Crippen LogP contribution is 2.29. The van der Waals surface area contributed by atoms with E-state index in [9.17, 15) is 18.8 Å². The van der Waals surface area contributed by atoms with Crippen LogP contribution in [0.25, 0.3) is 0 Å². The maximum absolute atomic E-state index is 13.6. The van der Waals surface area contributed by atoms with Gasteiger partial charge in [-0.2, -0.15) is 0 Å². The molecule has 2 aromatic rings. The number of hydrogen-bond donors (Lipinski definition) is 1. The summed E-state index contributed by atoms with van der Waals surface area (Å²) in [5, 5.41) is 2.67. The first kappa shape index (κ1) is 16.6. The van der Waals surface area contributed by atoms with Crippen molar-refractivity contribution in [1.29, 1.82) is 0 Å². The summed E-state index contributed by atoms with van der Waals surface area (Å²) in [5.74, 6) is -2.57. The van der Waals surface area contributed by atoms with Gasteiger partial charge in [-0.25, -0.2) is 9.18 Å². The van der Waals surface area contributed by atoms with Gasteiger partial charge in [-0.3, -0.25) is 14.5 Å². The van der Waals surface area contributed by atoms with Crippen LogP contribution in [0.2, 0.25) is 0 Å². The Morgan fingerprint density at radius 1 is 1.16 bits per heavy atom. The van der Waals surface area contributed by atoms with Gasteiger partial charge in [0.2, 0.25) is 5.91 Å². The quantitative estimate of drug-likeness (QED) is 0.869. The maximum Gasteiger partial charge on any atom is 0.341 e. The molecule has 0 bridgehead atoms. The van der Waals surface area contributed by atoms with Gasteiger partial charge in [0.05, 0.1) is 16.9 Å². The molecule has 25 heavy (non-hydrogen) atoms. The van der Waals surface area contributed by atoms with Crippen LogP contribution in [0.5, 0.6) is 0 Å². The number of carbonyl (C=O) groups excluding carboxylic acids is 3. The lowest BCUT2D eigenvalue weighted by Crippen LogP contribution is -2.47. The fourth-order valence-corrected chi connectivity index (χ4v) is 2.55. The predicted molar refractivity (Wildman–Crippen MR) is 88.7 cm³/mol. The smallest absolute Gasteiger partial charge is 0.341 e. The van der Waals surface area contributed by atoms with E-state index in [2.05, 4.69) is 5.32 Å². The number of benzene rings is 2. The van der Waals surface area contributed by atoms with Gasteiger partial charge in [-0.15, -0.1) is 0 Å². The van der Waals surface area contributed by atoms with Crippen molar-refractivity contribution in [2.24, 2.45) is 0 Å². The normalized spacial score (nSPS) is 14.3. The Morgan fingerprint density at radius 3 is 2.60 bits per heavy atom. The number of amides is 2. The van der Waals surface area contributed by atoms with E-state index in [-0.39, 0.29) is 18.0 Å². The van der Waals surface area contributed by atoms with Crippen LogP contribution in [0.15, 0.2) is 48.5 Å². The van der Waals surface area contributed by atoms with Crippen LogP contribution in [0.3, 0.4) is 0 Å². The summed E-state index contributed by atoms with van der Waals surface area (Å²) in [6, 6.07) is 12.2. The topological polar surface area (TPSA) is 75.7 Å². The highest BCUT2D eigenvalue weighted by molar-refractivity contribution is 6.11. The van der Waals surface area contributed by atoms with E-state index in [4.69, 9.17) is 4.74 Å². The molecule has 2 amide bonds.